The molecule has 1 aromatic carbocycles. The molecule has 0 aromatic heterocycles. The van der Waals surface area contributed by atoms with Crippen LogP contribution in [0.3, 0.4) is 0 Å². The molecule has 2 atom stereocenters. The highest BCUT2D eigenvalue weighted by Gasteiger charge is 2.18. The maximum absolute atomic E-state index is 12.1. The zero-order chi connectivity index (χ0) is 17.1. The fourth-order valence-corrected chi connectivity index (χ4v) is 2.68. The van der Waals surface area contributed by atoms with E-state index < -0.39 is 6.04 Å². The number of benzene rings is 1. The standard InChI is InChI=1S/C19H31NO3/c1-3-5-6-8-16(7-4-2)14-23-19(22)18(20)13-15-9-11-17(21)12-10-15/h9-12,16,18,21H,3-8,13-14,20H2,1-2H3/t16?,18-/m0/s1. The van der Waals surface area contributed by atoms with Gasteiger partial charge < -0.3 is 15.6 Å². The van der Waals surface area contributed by atoms with E-state index >= 15 is 0 Å². The summed E-state index contributed by atoms with van der Waals surface area (Å²) in [6, 6.07) is 6.08. The number of hydrogen-bond donors (Lipinski definition) is 2. The lowest BCUT2D eigenvalue weighted by atomic mass is 9.97. The summed E-state index contributed by atoms with van der Waals surface area (Å²) < 4.78 is 5.43. The lowest BCUT2D eigenvalue weighted by molar-refractivity contribution is -0.146. The molecule has 0 bridgehead atoms. The number of aromatic hydroxyl groups is 1. The molecule has 0 aliphatic heterocycles. The van der Waals surface area contributed by atoms with E-state index in [0.717, 1.165) is 24.8 Å². The highest BCUT2D eigenvalue weighted by atomic mass is 16.5. The first-order valence-corrected chi connectivity index (χ1v) is 8.76. The Hall–Kier alpha value is -1.55. The van der Waals surface area contributed by atoms with Gasteiger partial charge in [0.15, 0.2) is 0 Å². The Labute approximate surface area is 140 Å². The van der Waals surface area contributed by atoms with E-state index in [4.69, 9.17) is 10.5 Å². The van der Waals surface area contributed by atoms with Gasteiger partial charge in [-0.25, -0.2) is 0 Å². The molecule has 130 valence electrons. The van der Waals surface area contributed by atoms with Gasteiger partial charge in [-0.15, -0.1) is 0 Å². The van der Waals surface area contributed by atoms with Gasteiger partial charge in [-0.05, 0) is 42.9 Å². The number of ether oxygens (including phenoxy) is 1. The van der Waals surface area contributed by atoms with Crippen LogP contribution in [-0.2, 0) is 16.0 Å². The van der Waals surface area contributed by atoms with Crippen LogP contribution in [0.25, 0.3) is 0 Å². The SMILES string of the molecule is CCCCCC(CCC)COC(=O)[C@@H](N)Cc1ccc(O)cc1. The minimum Gasteiger partial charge on any atom is -0.508 e. The summed E-state index contributed by atoms with van der Waals surface area (Å²) in [5.41, 5.74) is 6.85. The van der Waals surface area contributed by atoms with E-state index in [1.807, 2.05) is 0 Å². The Morgan fingerprint density at radius 3 is 2.43 bits per heavy atom. The first-order chi connectivity index (χ1) is 11.1. The molecule has 23 heavy (non-hydrogen) atoms. The number of carbonyl (C=O) groups excluding carboxylic acids is 1. The van der Waals surface area contributed by atoms with Crippen molar-refractivity contribution in [2.75, 3.05) is 6.61 Å². The number of phenolic OH excluding ortho intramolecular Hbond substituents is 1. The van der Waals surface area contributed by atoms with Gasteiger partial charge in [0, 0.05) is 0 Å². The van der Waals surface area contributed by atoms with Gasteiger partial charge in [-0.1, -0.05) is 51.7 Å². The molecule has 1 rings (SSSR count). The van der Waals surface area contributed by atoms with Crippen molar-refractivity contribution in [3.8, 4) is 5.75 Å². The molecule has 4 heteroatoms. The molecule has 0 fully saturated rings. The molecule has 0 aliphatic rings. The molecule has 0 saturated heterocycles. The largest absolute Gasteiger partial charge is 0.508 e. The van der Waals surface area contributed by atoms with Crippen LogP contribution in [0.5, 0.6) is 5.75 Å². The van der Waals surface area contributed by atoms with Gasteiger partial charge in [-0.3, -0.25) is 4.79 Å². The molecule has 0 radical (unpaired) electrons. The second-order valence-corrected chi connectivity index (χ2v) is 6.26. The van der Waals surface area contributed by atoms with Gasteiger partial charge in [0.25, 0.3) is 0 Å². The number of esters is 1. The number of hydrogen-bond acceptors (Lipinski definition) is 4. The monoisotopic (exact) mass is 321 g/mol. The van der Waals surface area contributed by atoms with Gasteiger partial charge in [0.2, 0.25) is 0 Å². The molecule has 4 nitrogen and oxygen atoms in total. The zero-order valence-electron chi connectivity index (χ0n) is 14.5. The smallest absolute Gasteiger partial charge is 0.323 e. The molecular formula is C19H31NO3. The Morgan fingerprint density at radius 1 is 1.13 bits per heavy atom. The third kappa shape index (κ3) is 8.03. The third-order valence-electron chi connectivity index (χ3n) is 4.07. The topological polar surface area (TPSA) is 72.5 Å². The van der Waals surface area contributed by atoms with Crippen molar-refractivity contribution >= 4 is 5.97 Å². The van der Waals surface area contributed by atoms with E-state index in [1.54, 1.807) is 24.3 Å². The molecule has 0 saturated carbocycles. The minimum atomic E-state index is -0.655. The molecule has 1 unspecified atom stereocenters. The average molecular weight is 321 g/mol. The van der Waals surface area contributed by atoms with E-state index in [0.29, 0.717) is 18.9 Å². The third-order valence-corrected chi connectivity index (χ3v) is 4.07. The van der Waals surface area contributed by atoms with Crippen LogP contribution < -0.4 is 5.73 Å². The Kier molecular flexibility index (Phi) is 9.37. The summed E-state index contributed by atoms with van der Waals surface area (Å²) in [6.45, 7) is 4.82. The first kappa shape index (κ1) is 19.5. The normalized spacial score (nSPS) is 13.5. The summed E-state index contributed by atoms with van der Waals surface area (Å²) >= 11 is 0. The second-order valence-electron chi connectivity index (χ2n) is 6.26. The van der Waals surface area contributed by atoms with Crippen molar-refractivity contribution in [2.24, 2.45) is 11.7 Å². The number of nitrogens with two attached hydrogens (primary N) is 1. The van der Waals surface area contributed by atoms with Crippen molar-refractivity contribution in [3.63, 3.8) is 0 Å². The Morgan fingerprint density at radius 2 is 1.83 bits per heavy atom. The Bertz CT molecular complexity index is 444. The number of phenols is 1. The van der Waals surface area contributed by atoms with Crippen molar-refractivity contribution in [3.05, 3.63) is 29.8 Å². The van der Waals surface area contributed by atoms with E-state index in [1.165, 1.54) is 19.3 Å². The zero-order valence-corrected chi connectivity index (χ0v) is 14.5. The number of carbonyl (C=O) groups is 1. The molecular weight excluding hydrogens is 290 g/mol. The van der Waals surface area contributed by atoms with Crippen LogP contribution in [0.4, 0.5) is 0 Å². The van der Waals surface area contributed by atoms with Gasteiger partial charge in [0.05, 0.1) is 6.61 Å². The minimum absolute atomic E-state index is 0.208. The highest BCUT2D eigenvalue weighted by Crippen LogP contribution is 2.17. The summed E-state index contributed by atoms with van der Waals surface area (Å²) in [5.74, 6) is 0.311. The summed E-state index contributed by atoms with van der Waals surface area (Å²) in [5, 5.41) is 9.26. The fourth-order valence-electron chi connectivity index (χ4n) is 2.68. The van der Waals surface area contributed by atoms with Crippen LogP contribution in [0.1, 0.15) is 57.9 Å². The van der Waals surface area contributed by atoms with Crippen LogP contribution in [-0.4, -0.2) is 23.7 Å². The van der Waals surface area contributed by atoms with E-state index in [9.17, 15) is 9.90 Å². The van der Waals surface area contributed by atoms with Crippen LogP contribution >= 0.6 is 0 Å². The Balaban J connectivity index is 2.38. The maximum atomic E-state index is 12.1. The van der Waals surface area contributed by atoms with Gasteiger partial charge in [-0.2, -0.15) is 0 Å². The highest BCUT2D eigenvalue weighted by molar-refractivity contribution is 5.75. The summed E-state index contributed by atoms with van der Waals surface area (Å²) in [4.78, 5) is 12.1. The van der Waals surface area contributed by atoms with Crippen LogP contribution in [0, 0.1) is 5.92 Å². The summed E-state index contributed by atoms with van der Waals surface area (Å²) in [7, 11) is 0. The predicted octanol–water partition coefficient (Wildman–Crippen LogP) is 3.80. The summed E-state index contributed by atoms with van der Waals surface area (Å²) in [6.07, 6.45) is 7.36. The lowest BCUT2D eigenvalue weighted by Gasteiger charge is -2.18. The fraction of sp³-hybridized carbons (Fsp3) is 0.632. The van der Waals surface area contributed by atoms with Crippen molar-refractivity contribution < 1.29 is 14.6 Å². The van der Waals surface area contributed by atoms with Crippen LogP contribution in [0.15, 0.2) is 24.3 Å². The first-order valence-electron chi connectivity index (χ1n) is 8.76. The molecule has 0 aliphatic carbocycles. The van der Waals surface area contributed by atoms with E-state index in [-0.39, 0.29) is 11.7 Å². The van der Waals surface area contributed by atoms with Gasteiger partial charge >= 0.3 is 5.97 Å². The second kappa shape index (κ2) is 11.1. The van der Waals surface area contributed by atoms with Gasteiger partial charge in [0.1, 0.15) is 11.8 Å². The van der Waals surface area contributed by atoms with Crippen molar-refractivity contribution in [1.82, 2.24) is 0 Å². The molecule has 1 aromatic rings. The molecule has 0 spiro atoms. The van der Waals surface area contributed by atoms with Crippen LogP contribution in [0.2, 0.25) is 0 Å². The molecule has 0 amide bonds. The average Bonchev–Trinajstić information content (AvgIpc) is 2.54. The molecule has 3 N–H and O–H groups in total. The number of unbranched alkanes of at least 4 members (excludes halogenated alkanes) is 2. The number of rotatable bonds is 11. The van der Waals surface area contributed by atoms with Crippen molar-refractivity contribution in [1.29, 1.82) is 0 Å². The van der Waals surface area contributed by atoms with Crippen molar-refractivity contribution in [2.45, 2.75) is 64.8 Å². The maximum Gasteiger partial charge on any atom is 0.323 e. The predicted molar refractivity (Wildman–Crippen MR) is 93.3 cm³/mol. The molecule has 0 heterocycles. The quantitative estimate of drug-likeness (QED) is 0.480. The lowest BCUT2D eigenvalue weighted by Crippen LogP contribution is -2.35. The van der Waals surface area contributed by atoms with E-state index in [2.05, 4.69) is 13.8 Å².